The van der Waals surface area contributed by atoms with Crippen molar-refractivity contribution in [3.8, 4) is 11.1 Å². The minimum absolute atomic E-state index is 0.331. The third-order valence-corrected chi connectivity index (χ3v) is 14.0. The molecule has 65 heavy (non-hydrogen) atoms. The lowest BCUT2D eigenvalue weighted by molar-refractivity contribution is 0.667. The summed E-state index contributed by atoms with van der Waals surface area (Å²) in [7, 11) is 0. The summed E-state index contributed by atoms with van der Waals surface area (Å²) in [5.41, 5.74) is 17.2. The zero-order valence-electron chi connectivity index (χ0n) is 36.7. The van der Waals surface area contributed by atoms with Crippen molar-refractivity contribution in [2.45, 2.75) is 33.1 Å². The number of para-hydroxylation sites is 6. The number of rotatable bonds is 6. The van der Waals surface area contributed by atoms with Gasteiger partial charge in [-0.05, 0) is 112 Å². The average molecular weight is 837 g/mol. The van der Waals surface area contributed by atoms with Gasteiger partial charge in [-0.25, -0.2) is 0 Å². The van der Waals surface area contributed by atoms with E-state index in [0.29, 0.717) is 0 Å². The summed E-state index contributed by atoms with van der Waals surface area (Å²) in [6, 6.07) is 70.2. The van der Waals surface area contributed by atoms with Crippen molar-refractivity contribution >= 4 is 99.5 Å². The van der Waals surface area contributed by atoms with Gasteiger partial charge >= 0.3 is 0 Å². The van der Waals surface area contributed by atoms with Gasteiger partial charge in [-0.2, -0.15) is 0 Å². The predicted molar refractivity (Wildman–Crippen MR) is 272 cm³/mol. The van der Waals surface area contributed by atoms with Crippen LogP contribution < -0.4 is 9.80 Å². The normalized spacial score (nSPS) is 13.0. The lowest BCUT2D eigenvalue weighted by Gasteiger charge is -2.31. The molecule has 4 heteroatoms. The second-order valence-electron chi connectivity index (χ2n) is 18.1. The molecule has 0 unspecified atom stereocenters. The first kappa shape index (κ1) is 37.5. The Kier molecular flexibility index (Phi) is 8.05. The maximum absolute atomic E-state index is 6.84. The first-order valence-corrected chi connectivity index (χ1v) is 22.5. The van der Waals surface area contributed by atoms with Crippen LogP contribution in [0.5, 0.6) is 0 Å². The van der Waals surface area contributed by atoms with Gasteiger partial charge in [0.05, 0.1) is 17.1 Å². The molecule has 0 bridgehead atoms. The molecule has 0 saturated carbocycles. The molecule has 0 aliphatic heterocycles. The number of hydrogen-bond acceptors (Lipinski definition) is 4. The van der Waals surface area contributed by atoms with Crippen LogP contribution in [-0.2, 0) is 5.41 Å². The van der Waals surface area contributed by atoms with Crippen LogP contribution in [0.4, 0.5) is 34.1 Å². The highest BCUT2D eigenvalue weighted by Gasteiger charge is 2.41. The molecule has 13 rings (SSSR count). The molecule has 0 atom stereocenters. The second kappa shape index (κ2) is 14.0. The molecule has 0 fully saturated rings. The molecule has 0 amide bonds. The Labute approximate surface area is 377 Å². The van der Waals surface area contributed by atoms with Crippen LogP contribution >= 0.6 is 0 Å². The fraction of sp³-hybridized carbons (Fsp3) is 0.0820. The molecule has 0 N–H and O–H groups in total. The number of anilines is 6. The largest absolute Gasteiger partial charge is 0.454 e. The monoisotopic (exact) mass is 836 g/mol. The number of furan rings is 2. The molecule has 10 aromatic carbocycles. The van der Waals surface area contributed by atoms with E-state index < -0.39 is 0 Å². The Morgan fingerprint density at radius 2 is 0.908 bits per heavy atom. The van der Waals surface area contributed by atoms with Crippen LogP contribution in [0.3, 0.4) is 0 Å². The quantitative estimate of drug-likeness (QED) is 0.167. The van der Waals surface area contributed by atoms with E-state index in [9.17, 15) is 0 Å². The lowest BCUT2D eigenvalue weighted by Crippen LogP contribution is -2.17. The van der Waals surface area contributed by atoms with Crippen molar-refractivity contribution in [3.63, 3.8) is 0 Å². The molecule has 4 nitrogen and oxygen atoms in total. The van der Waals surface area contributed by atoms with Gasteiger partial charge in [-0.1, -0.05) is 153 Å². The van der Waals surface area contributed by atoms with Crippen molar-refractivity contribution in [1.82, 2.24) is 0 Å². The molecule has 0 spiro atoms. The molecule has 310 valence electrons. The van der Waals surface area contributed by atoms with E-state index >= 15 is 0 Å². The summed E-state index contributed by atoms with van der Waals surface area (Å²) in [6.45, 7) is 9.21. The van der Waals surface area contributed by atoms with Crippen LogP contribution in [-0.4, -0.2) is 0 Å². The van der Waals surface area contributed by atoms with E-state index in [-0.39, 0.29) is 5.41 Å². The van der Waals surface area contributed by atoms with Crippen LogP contribution in [0.25, 0.3) is 76.5 Å². The molecule has 12 aromatic rings. The van der Waals surface area contributed by atoms with Crippen LogP contribution in [0.2, 0.25) is 0 Å². The average Bonchev–Trinajstić information content (AvgIpc) is 3.98. The summed E-state index contributed by atoms with van der Waals surface area (Å²) < 4.78 is 13.5. The van der Waals surface area contributed by atoms with E-state index in [1.54, 1.807) is 0 Å². The van der Waals surface area contributed by atoms with Crippen molar-refractivity contribution in [3.05, 3.63) is 216 Å². The first-order valence-electron chi connectivity index (χ1n) is 22.5. The van der Waals surface area contributed by atoms with Crippen LogP contribution in [0, 0.1) is 13.8 Å². The summed E-state index contributed by atoms with van der Waals surface area (Å²) in [5, 5.41) is 9.27. The van der Waals surface area contributed by atoms with E-state index in [2.05, 4.69) is 226 Å². The maximum atomic E-state index is 6.84. The predicted octanol–water partition coefficient (Wildman–Crippen LogP) is 17.7. The third-order valence-electron chi connectivity index (χ3n) is 14.0. The topological polar surface area (TPSA) is 32.8 Å². The Bertz CT molecular complexity index is 3920. The first-order chi connectivity index (χ1) is 31.8. The number of benzene rings is 10. The van der Waals surface area contributed by atoms with Gasteiger partial charge in [-0.3, -0.25) is 0 Å². The van der Waals surface area contributed by atoms with Gasteiger partial charge in [0.25, 0.3) is 0 Å². The van der Waals surface area contributed by atoms with Crippen LogP contribution in [0.1, 0.15) is 36.1 Å². The standard InChI is InChI=1S/C61H44N2O2/c1-37-17-5-11-25-50(37)62(52-27-15-23-46-44-21-9-13-29-54(44)64-59(46)52)41-32-34-42-40(35-41)31-33-48-56-49(61(3,4)57(42)48)36-39-19-7-8-20-43(39)58(56)63(51-26-12-6-18-38(51)2)53-28-16-24-47-45-22-10-14-30-55(45)65-60(47)53/h5-36H,1-4H3. The highest BCUT2D eigenvalue weighted by molar-refractivity contribution is 6.16. The number of nitrogens with zero attached hydrogens (tertiary/aromatic N) is 2. The highest BCUT2D eigenvalue weighted by atomic mass is 16.3. The van der Waals surface area contributed by atoms with Gasteiger partial charge < -0.3 is 18.6 Å². The summed E-state index contributed by atoms with van der Waals surface area (Å²) in [6.07, 6.45) is 0. The Morgan fingerprint density at radius 3 is 1.55 bits per heavy atom. The zero-order chi connectivity index (χ0) is 43.6. The molecule has 0 saturated heterocycles. The molecule has 2 heterocycles. The maximum Gasteiger partial charge on any atom is 0.159 e. The fourth-order valence-electron chi connectivity index (χ4n) is 11.0. The molecule has 2 aromatic heterocycles. The number of hydrogen-bond donors (Lipinski definition) is 0. The van der Waals surface area contributed by atoms with E-state index in [1.807, 2.05) is 6.07 Å². The minimum Gasteiger partial charge on any atom is -0.454 e. The van der Waals surface area contributed by atoms with Crippen molar-refractivity contribution in [1.29, 1.82) is 0 Å². The Hall–Kier alpha value is -8.08. The fourth-order valence-corrected chi connectivity index (χ4v) is 11.0. The van der Waals surface area contributed by atoms with E-state index in [4.69, 9.17) is 8.83 Å². The van der Waals surface area contributed by atoms with Gasteiger partial charge in [0, 0.05) is 55.0 Å². The van der Waals surface area contributed by atoms with Gasteiger partial charge in [0.2, 0.25) is 0 Å². The smallest absolute Gasteiger partial charge is 0.159 e. The Morgan fingerprint density at radius 1 is 0.400 bits per heavy atom. The van der Waals surface area contributed by atoms with Crippen molar-refractivity contribution in [2.24, 2.45) is 0 Å². The van der Waals surface area contributed by atoms with Gasteiger partial charge in [0.15, 0.2) is 11.2 Å². The summed E-state index contributed by atoms with van der Waals surface area (Å²) in [5.74, 6) is 0. The van der Waals surface area contributed by atoms with Crippen LogP contribution in [0.15, 0.2) is 203 Å². The number of aryl methyl sites for hydroxylation is 2. The minimum atomic E-state index is -0.331. The lowest BCUT2D eigenvalue weighted by atomic mass is 9.79. The second-order valence-corrected chi connectivity index (χ2v) is 18.1. The number of fused-ring (bicyclic) bond motifs is 12. The molecule has 1 aliphatic carbocycles. The molecule has 0 radical (unpaired) electrons. The molecule has 1 aliphatic rings. The third kappa shape index (κ3) is 5.44. The summed E-state index contributed by atoms with van der Waals surface area (Å²) in [4.78, 5) is 4.86. The van der Waals surface area contributed by atoms with Crippen molar-refractivity contribution in [2.75, 3.05) is 9.80 Å². The van der Waals surface area contributed by atoms with E-state index in [0.717, 1.165) is 78.0 Å². The highest BCUT2D eigenvalue weighted by Crippen LogP contribution is 2.59. The van der Waals surface area contributed by atoms with Crippen molar-refractivity contribution < 1.29 is 8.83 Å². The van der Waals surface area contributed by atoms with Gasteiger partial charge in [0.1, 0.15) is 11.2 Å². The molecular formula is C61H44N2O2. The van der Waals surface area contributed by atoms with Gasteiger partial charge in [-0.15, -0.1) is 0 Å². The zero-order valence-corrected chi connectivity index (χ0v) is 36.7. The molecular weight excluding hydrogens is 793 g/mol. The van der Waals surface area contributed by atoms with E-state index in [1.165, 1.54) is 54.9 Å². The summed E-state index contributed by atoms with van der Waals surface area (Å²) >= 11 is 0. The Balaban J connectivity index is 1.06. The SMILES string of the molecule is Cc1ccccc1N(c1ccc2c3c(ccc2c1)-c1c(cc2ccccc2c1N(c1ccccc1C)c1cccc2c1oc1ccccc12)C3(C)C)c1cccc2c1oc1ccccc12.